The summed E-state index contributed by atoms with van der Waals surface area (Å²) < 4.78 is 0. The highest BCUT2D eigenvalue weighted by Gasteiger charge is 1.85. The number of hydrogen-bond acceptors (Lipinski definition) is 1. The molecule has 0 spiro atoms. The Bertz CT molecular complexity index is 148. The minimum Gasteiger partial charge on any atom is -0.481 e. The minimum absolute atomic E-state index is 0.0451. The number of aliphatic carboxylic acids is 1. The molecule has 0 aromatic rings. The predicted octanol–water partition coefficient (Wildman–Crippen LogP) is 1.68. The fourth-order valence-corrected chi connectivity index (χ4v) is 0.164. The first-order chi connectivity index (χ1) is 4.68. The maximum atomic E-state index is 9.66. The van der Waals surface area contributed by atoms with Gasteiger partial charge in [-0.3, -0.25) is 4.79 Å². The van der Waals surface area contributed by atoms with Crippen molar-refractivity contribution in [2.75, 3.05) is 0 Å². The molecule has 0 saturated carbocycles. The van der Waals surface area contributed by atoms with Crippen molar-refractivity contribution >= 4 is 5.97 Å². The van der Waals surface area contributed by atoms with Crippen LogP contribution in [-0.2, 0) is 4.79 Å². The van der Waals surface area contributed by atoms with Gasteiger partial charge in [0.25, 0.3) is 0 Å². The van der Waals surface area contributed by atoms with Crippen LogP contribution in [0.25, 0.3) is 0 Å². The number of allylic oxidation sites excluding steroid dienone is 1. The SMILES string of the molecule is C=CC.CC#CCC(=O)O. The maximum absolute atomic E-state index is 9.66. The van der Waals surface area contributed by atoms with Gasteiger partial charge in [-0.25, -0.2) is 0 Å². The normalized spacial score (nSPS) is 5.80. The first kappa shape index (κ1) is 11.6. The van der Waals surface area contributed by atoms with Crippen LogP contribution in [0.5, 0.6) is 0 Å². The summed E-state index contributed by atoms with van der Waals surface area (Å²) in [5, 5.41) is 7.94. The second kappa shape index (κ2) is 10.7. The van der Waals surface area contributed by atoms with E-state index in [-0.39, 0.29) is 6.42 Å². The van der Waals surface area contributed by atoms with E-state index in [4.69, 9.17) is 5.11 Å². The number of hydrogen-bond donors (Lipinski definition) is 1. The molecule has 56 valence electrons. The fourth-order valence-electron chi connectivity index (χ4n) is 0.164. The molecule has 0 unspecified atom stereocenters. The lowest BCUT2D eigenvalue weighted by atomic mass is 10.4. The average Bonchev–Trinajstić information content (AvgIpc) is 1.85. The third kappa shape index (κ3) is 29.4. The van der Waals surface area contributed by atoms with Crippen molar-refractivity contribution in [1.82, 2.24) is 0 Å². The summed E-state index contributed by atoms with van der Waals surface area (Å²) in [6, 6.07) is 0. The Morgan fingerprint density at radius 2 is 2.20 bits per heavy atom. The molecule has 10 heavy (non-hydrogen) atoms. The molecule has 1 N–H and O–H groups in total. The van der Waals surface area contributed by atoms with Gasteiger partial charge in [-0.05, 0) is 13.8 Å². The number of carboxylic acids is 1. The van der Waals surface area contributed by atoms with E-state index in [9.17, 15) is 4.79 Å². The first-order valence-corrected chi connectivity index (χ1v) is 2.87. The molecule has 0 radical (unpaired) electrons. The van der Waals surface area contributed by atoms with Crippen LogP contribution in [0.2, 0.25) is 0 Å². The molecule has 0 fully saturated rings. The highest BCUT2D eigenvalue weighted by molar-refractivity contribution is 5.69. The molecule has 0 aliphatic rings. The topological polar surface area (TPSA) is 37.3 Å². The fraction of sp³-hybridized carbons (Fsp3) is 0.375. The minimum atomic E-state index is -0.866. The van der Waals surface area contributed by atoms with Crippen LogP contribution < -0.4 is 0 Å². The summed E-state index contributed by atoms with van der Waals surface area (Å²) >= 11 is 0. The summed E-state index contributed by atoms with van der Waals surface area (Å²) in [5.41, 5.74) is 0. The largest absolute Gasteiger partial charge is 0.481 e. The van der Waals surface area contributed by atoms with E-state index in [0.29, 0.717) is 0 Å². The van der Waals surface area contributed by atoms with Crippen LogP contribution in [0.15, 0.2) is 12.7 Å². The molecule has 2 heteroatoms. The van der Waals surface area contributed by atoms with Gasteiger partial charge in [-0.2, -0.15) is 0 Å². The average molecular weight is 140 g/mol. The molecular formula is C8H12O2. The Labute approximate surface area is 61.6 Å². The van der Waals surface area contributed by atoms with Crippen molar-refractivity contribution < 1.29 is 9.90 Å². The van der Waals surface area contributed by atoms with Crippen LogP contribution >= 0.6 is 0 Å². The second-order valence-corrected chi connectivity index (χ2v) is 1.41. The highest BCUT2D eigenvalue weighted by atomic mass is 16.4. The Morgan fingerprint density at radius 3 is 2.30 bits per heavy atom. The lowest BCUT2D eigenvalue weighted by Crippen LogP contribution is -1.89. The van der Waals surface area contributed by atoms with Crippen LogP contribution in [0.4, 0.5) is 0 Å². The third-order valence-corrected chi connectivity index (χ3v) is 0.416. The molecule has 0 rings (SSSR count). The van der Waals surface area contributed by atoms with E-state index >= 15 is 0 Å². The van der Waals surface area contributed by atoms with Gasteiger partial charge in [-0.15, -0.1) is 12.5 Å². The zero-order valence-electron chi connectivity index (χ0n) is 6.35. The van der Waals surface area contributed by atoms with Gasteiger partial charge < -0.3 is 5.11 Å². The second-order valence-electron chi connectivity index (χ2n) is 1.41. The Morgan fingerprint density at radius 1 is 1.80 bits per heavy atom. The summed E-state index contributed by atoms with van der Waals surface area (Å²) in [6.45, 7) is 6.86. The Kier molecular flexibility index (Phi) is 12.4. The van der Waals surface area contributed by atoms with Crippen LogP contribution in [0.1, 0.15) is 20.3 Å². The number of carboxylic acid groups (broad SMARTS) is 1. The molecule has 2 nitrogen and oxygen atoms in total. The first-order valence-electron chi connectivity index (χ1n) is 2.87. The molecule has 0 heterocycles. The van der Waals surface area contributed by atoms with E-state index in [2.05, 4.69) is 18.4 Å². The summed E-state index contributed by atoms with van der Waals surface area (Å²) in [5.74, 6) is 4.00. The molecule has 0 aliphatic carbocycles. The molecule has 0 aromatic heterocycles. The van der Waals surface area contributed by atoms with Crippen LogP contribution in [-0.4, -0.2) is 11.1 Å². The monoisotopic (exact) mass is 140 g/mol. The van der Waals surface area contributed by atoms with Crippen LogP contribution in [0, 0.1) is 11.8 Å². The molecule has 0 atom stereocenters. The molecule has 0 amide bonds. The number of carbonyl (C=O) groups is 1. The maximum Gasteiger partial charge on any atom is 0.315 e. The van der Waals surface area contributed by atoms with E-state index < -0.39 is 5.97 Å². The molecule has 0 bridgehead atoms. The highest BCUT2D eigenvalue weighted by Crippen LogP contribution is 1.70. The summed E-state index contributed by atoms with van der Waals surface area (Å²) in [4.78, 5) is 9.66. The molecule has 0 saturated heterocycles. The molecule has 0 aromatic carbocycles. The van der Waals surface area contributed by atoms with Gasteiger partial charge in [0.1, 0.15) is 6.42 Å². The lowest BCUT2D eigenvalue weighted by molar-refractivity contribution is -0.135. The van der Waals surface area contributed by atoms with Crippen molar-refractivity contribution in [2.45, 2.75) is 20.3 Å². The molecule has 0 aliphatic heterocycles. The van der Waals surface area contributed by atoms with E-state index in [0.717, 1.165) is 0 Å². The zero-order valence-corrected chi connectivity index (χ0v) is 6.35. The van der Waals surface area contributed by atoms with Crippen molar-refractivity contribution in [3.8, 4) is 11.8 Å². The van der Waals surface area contributed by atoms with Crippen molar-refractivity contribution in [1.29, 1.82) is 0 Å². The standard InChI is InChI=1S/C5H6O2.C3H6/c1-2-3-4-5(6)7;1-3-2/h4H2,1H3,(H,6,7);3H,1H2,2H3. The van der Waals surface area contributed by atoms with Gasteiger partial charge in [-0.1, -0.05) is 12.0 Å². The van der Waals surface area contributed by atoms with Crippen molar-refractivity contribution in [2.24, 2.45) is 0 Å². The van der Waals surface area contributed by atoms with Gasteiger partial charge in [0.15, 0.2) is 0 Å². The van der Waals surface area contributed by atoms with E-state index in [1.165, 1.54) is 0 Å². The van der Waals surface area contributed by atoms with Crippen LogP contribution in [0.3, 0.4) is 0 Å². The smallest absolute Gasteiger partial charge is 0.315 e. The lowest BCUT2D eigenvalue weighted by Gasteiger charge is -1.74. The van der Waals surface area contributed by atoms with Gasteiger partial charge >= 0.3 is 5.97 Å². The predicted molar refractivity (Wildman–Crippen MR) is 41.6 cm³/mol. The van der Waals surface area contributed by atoms with Crippen molar-refractivity contribution in [3.63, 3.8) is 0 Å². The van der Waals surface area contributed by atoms with Gasteiger partial charge in [0.05, 0.1) is 0 Å². The quantitative estimate of drug-likeness (QED) is 0.444. The van der Waals surface area contributed by atoms with Crippen molar-refractivity contribution in [3.05, 3.63) is 12.7 Å². The summed E-state index contributed by atoms with van der Waals surface area (Å²) in [6.07, 6.45) is 1.70. The third-order valence-electron chi connectivity index (χ3n) is 0.416. The molecular weight excluding hydrogens is 128 g/mol. The Hall–Kier alpha value is -1.23. The Balaban J connectivity index is 0. The zero-order chi connectivity index (χ0) is 8.41. The summed E-state index contributed by atoms with van der Waals surface area (Å²) in [7, 11) is 0. The van der Waals surface area contributed by atoms with Gasteiger partial charge in [0, 0.05) is 0 Å². The number of rotatable bonds is 1. The van der Waals surface area contributed by atoms with E-state index in [1.54, 1.807) is 13.0 Å². The van der Waals surface area contributed by atoms with Gasteiger partial charge in [0.2, 0.25) is 0 Å². The van der Waals surface area contributed by atoms with E-state index in [1.807, 2.05) is 6.92 Å².